The van der Waals surface area contributed by atoms with E-state index in [1.807, 2.05) is 20.8 Å². The molecule has 1 atom stereocenters. The summed E-state index contributed by atoms with van der Waals surface area (Å²) in [4.78, 5) is 22.9. The lowest BCUT2D eigenvalue weighted by atomic mass is 10.0. The molecule has 1 rings (SSSR count). The van der Waals surface area contributed by atoms with Gasteiger partial charge < -0.3 is 11.1 Å². The molecule has 128 valence electrons. The molecule has 1 aromatic carbocycles. The Balaban J connectivity index is 2.92. The molecule has 0 bridgehead atoms. The van der Waals surface area contributed by atoms with E-state index in [0.29, 0.717) is 6.42 Å². The molecule has 0 saturated heterocycles. The number of aryl methyl sites for hydroxylation is 1. The van der Waals surface area contributed by atoms with E-state index in [1.54, 1.807) is 12.1 Å². The fourth-order valence-corrected chi connectivity index (χ4v) is 3.16. The number of rotatable bonds is 8. The van der Waals surface area contributed by atoms with E-state index in [2.05, 4.69) is 10.0 Å². The highest BCUT2D eigenvalue weighted by Crippen LogP contribution is 2.13. The number of hydrogen-bond acceptors (Lipinski definition) is 4. The minimum atomic E-state index is -3.83. The van der Waals surface area contributed by atoms with Crippen molar-refractivity contribution in [3.05, 3.63) is 29.8 Å². The number of carbonyl (C=O) groups excluding carboxylic acids is 2. The fraction of sp³-hybridized carbons (Fsp3) is 0.467. The van der Waals surface area contributed by atoms with Crippen molar-refractivity contribution in [3.63, 3.8) is 0 Å². The van der Waals surface area contributed by atoms with Gasteiger partial charge in [-0.15, -0.1) is 0 Å². The van der Waals surface area contributed by atoms with Crippen molar-refractivity contribution in [2.75, 3.05) is 6.54 Å². The zero-order valence-electron chi connectivity index (χ0n) is 13.5. The van der Waals surface area contributed by atoms with Gasteiger partial charge in [0.25, 0.3) is 0 Å². The number of amides is 2. The summed E-state index contributed by atoms with van der Waals surface area (Å²) in [6, 6.07) is 5.34. The lowest BCUT2D eigenvalue weighted by Gasteiger charge is -2.20. The van der Waals surface area contributed by atoms with Crippen LogP contribution in [0.1, 0.15) is 25.8 Å². The largest absolute Gasteiger partial charge is 0.368 e. The summed E-state index contributed by atoms with van der Waals surface area (Å²) in [7, 11) is -3.83. The third-order valence-corrected chi connectivity index (χ3v) is 4.58. The van der Waals surface area contributed by atoms with E-state index < -0.39 is 27.9 Å². The Hall–Kier alpha value is -1.93. The van der Waals surface area contributed by atoms with Crippen molar-refractivity contribution in [3.8, 4) is 0 Å². The first-order valence-corrected chi connectivity index (χ1v) is 8.75. The average Bonchev–Trinajstić information content (AvgIpc) is 2.43. The quantitative estimate of drug-likeness (QED) is 0.629. The molecule has 1 aromatic rings. The van der Waals surface area contributed by atoms with Crippen LogP contribution in [0.4, 0.5) is 0 Å². The monoisotopic (exact) mass is 341 g/mol. The van der Waals surface area contributed by atoms with Crippen LogP contribution in [0.3, 0.4) is 0 Å². The van der Waals surface area contributed by atoms with Crippen LogP contribution in [0.25, 0.3) is 0 Å². The molecule has 7 nitrogen and oxygen atoms in total. The Labute approximate surface area is 136 Å². The van der Waals surface area contributed by atoms with Crippen LogP contribution in [0.5, 0.6) is 0 Å². The number of primary amides is 1. The number of sulfonamides is 1. The second kappa shape index (κ2) is 8.07. The van der Waals surface area contributed by atoms with Gasteiger partial charge >= 0.3 is 0 Å². The first-order valence-electron chi connectivity index (χ1n) is 7.27. The van der Waals surface area contributed by atoms with Crippen molar-refractivity contribution < 1.29 is 18.0 Å². The van der Waals surface area contributed by atoms with Crippen LogP contribution in [-0.2, 0) is 19.6 Å². The highest BCUT2D eigenvalue weighted by molar-refractivity contribution is 7.89. The predicted molar refractivity (Wildman–Crippen MR) is 86.9 cm³/mol. The van der Waals surface area contributed by atoms with Crippen LogP contribution in [0.15, 0.2) is 29.2 Å². The molecule has 0 aliphatic heterocycles. The van der Waals surface area contributed by atoms with Crippen LogP contribution in [0, 0.1) is 12.8 Å². The Bertz CT molecular complexity index is 654. The summed E-state index contributed by atoms with van der Waals surface area (Å²) in [5, 5.41) is 2.33. The summed E-state index contributed by atoms with van der Waals surface area (Å²) >= 11 is 0. The molecule has 0 heterocycles. The molecule has 0 aromatic heterocycles. The molecular weight excluding hydrogens is 318 g/mol. The smallest absolute Gasteiger partial charge is 0.241 e. The molecular formula is C15H23N3O4S. The van der Waals surface area contributed by atoms with Gasteiger partial charge in [0.05, 0.1) is 11.4 Å². The van der Waals surface area contributed by atoms with Gasteiger partial charge in [0.2, 0.25) is 21.8 Å². The summed E-state index contributed by atoms with van der Waals surface area (Å²) in [6.45, 7) is 5.26. The van der Waals surface area contributed by atoms with Crippen molar-refractivity contribution in [1.29, 1.82) is 0 Å². The molecule has 23 heavy (non-hydrogen) atoms. The topological polar surface area (TPSA) is 118 Å². The lowest BCUT2D eigenvalue weighted by molar-refractivity contribution is -0.126. The fourth-order valence-electron chi connectivity index (χ4n) is 1.95. The number of nitrogens with two attached hydrogens (primary N) is 1. The van der Waals surface area contributed by atoms with Crippen LogP contribution >= 0.6 is 0 Å². The maximum absolute atomic E-state index is 12.4. The first-order chi connectivity index (χ1) is 10.6. The van der Waals surface area contributed by atoms with Crippen molar-refractivity contribution in [1.82, 2.24) is 10.0 Å². The van der Waals surface area contributed by atoms with Gasteiger partial charge in [0.1, 0.15) is 6.04 Å². The second-order valence-corrected chi connectivity index (χ2v) is 7.51. The van der Waals surface area contributed by atoms with E-state index in [-0.39, 0.29) is 17.4 Å². The van der Waals surface area contributed by atoms with Crippen LogP contribution < -0.4 is 15.8 Å². The van der Waals surface area contributed by atoms with E-state index in [4.69, 9.17) is 5.73 Å². The molecule has 0 saturated carbocycles. The number of benzene rings is 1. The summed E-state index contributed by atoms with van der Waals surface area (Å²) in [6.07, 6.45) is 0.301. The number of carbonyl (C=O) groups is 2. The zero-order chi connectivity index (χ0) is 17.6. The lowest BCUT2D eigenvalue weighted by Crippen LogP contribution is -2.49. The minimum absolute atomic E-state index is 0.0829. The Morgan fingerprint density at radius 2 is 1.74 bits per heavy atom. The normalized spacial score (nSPS) is 12.9. The van der Waals surface area contributed by atoms with Crippen molar-refractivity contribution in [2.45, 2.75) is 38.1 Å². The van der Waals surface area contributed by atoms with Crippen LogP contribution in [-0.4, -0.2) is 32.8 Å². The Morgan fingerprint density at radius 3 is 2.22 bits per heavy atom. The Morgan fingerprint density at radius 1 is 1.17 bits per heavy atom. The number of hydrogen-bond donors (Lipinski definition) is 3. The van der Waals surface area contributed by atoms with Crippen LogP contribution in [0.2, 0.25) is 0 Å². The SMILES string of the molecule is Cc1ccc(S(=O)(=O)N[C@@H](CC(C)C)C(=O)NCC(N)=O)cc1. The van der Waals surface area contributed by atoms with E-state index in [9.17, 15) is 18.0 Å². The number of nitrogens with one attached hydrogen (secondary N) is 2. The van der Waals surface area contributed by atoms with Gasteiger partial charge in [-0.05, 0) is 31.4 Å². The predicted octanol–water partition coefficient (Wildman–Crippen LogP) is 0.290. The van der Waals surface area contributed by atoms with Crippen molar-refractivity contribution >= 4 is 21.8 Å². The summed E-state index contributed by atoms with van der Waals surface area (Å²) in [5.74, 6) is -1.18. The molecule has 0 radical (unpaired) electrons. The van der Waals surface area contributed by atoms with Gasteiger partial charge in [0.15, 0.2) is 0 Å². The van der Waals surface area contributed by atoms with Gasteiger partial charge in [0, 0.05) is 0 Å². The van der Waals surface area contributed by atoms with Gasteiger partial charge in [-0.2, -0.15) is 4.72 Å². The molecule has 8 heteroatoms. The van der Waals surface area contributed by atoms with E-state index in [0.717, 1.165) is 5.56 Å². The third kappa shape index (κ3) is 6.37. The molecule has 4 N–H and O–H groups in total. The van der Waals surface area contributed by atoms with E-state index >= 15 is 0 Å². The highest BCUT2D eigenvalue weighted by Gasteiger charge is 2.26. The van der Waals surface area contributed by atoms with Crippen molar-refractivity contribution in [2.24, 2.45) is 11.7 Å². The zero-order valence-corrected chi connectivity index (χ0v) is 14.3. The second-order valence-electron chi connectivity index (χ2n) is 5.80. The summed E-state index contributed by atoms with van der Waals surface area (Å²) in [5.41, 5.74) is 5.91. The summed E-state index contributed by atoms with van der Waals surface area (Å²) < 4.78 is 27.2. The molecule has 0 fully saturated rings. The maximum atomic E-state index is 12.4. The van der Waals surface area contributed by atoms with Gasteiger partial charge in [-0.1, -0.05) is 31.5 Å². The minimum Gasteiger partial charge on any atom is -0.368 e. The van der Waals surface area contributed by atoms with Gasteiger partial charge in [-0.3, -0.25) is 9.59 Å². The molecule has 0 unspecified atom stereocenters. The molecule has 0 spiro atoms. The molecule has 0 aliphatic carbocycles. The standard InChI is InChI=1S/C15H23N3O4S/c1-10(2)8-13(15(20)17-9-14(16)19)18-23(21,22)12-6-4-11(3)5-7-12/h4-7,10,13,18H,8-9H2,1-3H3,(H2,16,19)(H,17,20)/t13-/m0/s1. The third-order valence-electron chi connectivity index (χ3n) is 3.09. The highest BCUT2D eigenvalue weighted by atomic mass is 32.2. The molecule has 2 amide bonds. The average molecular weight is 341 g/mol. The van der Waals surface area contributed by atoms with Gasteiger partial charge in [-0.25, -0.2) is 8.42 Å². The maximum Gasteiger partial charge on any atom is 0.241 e. The van der Waals surface area contributed by atoms with E-state index in [1.165, 1.54) is 12.1 Å². The Kier molecular flexibility index (Phi) is 6.71. The first kappa shape index (κ1) is 19.1. The molecule has 0 aliphatic rings.